The molecular weight excluding hydrogens is 466 g/mol. The third-order valence-corrected chi connectivity index (χ3v) is 5.63. The van der Waals surface area contributed by atoms with Crippen molar-refractivity contribution in [2.45, 2.75) is 6.92 Å². The van der Waals surface area contributed by atoms with E-state index in [0.717, 1.165) is 16.7 Å². The van der Waals surface area contributed by atoms with Gasteiger partial charge in [-0.3, -0.25) is 0 Å². The highest BCUT2D eigenvalue weighted by atomic mass is 35.5. The molecule has 0 aliphatic heterocycles. The Balaban J connectivity index is 1.38. The summed E-state index contributed by atoms with van der Waals surface area (Å²) in [6.07, 6.45) is 3.06. The lowest BCUT2D eigenvalue weighted by Gasteiger charge is -2.07. The number of carbonyl (C=O) groups excluding carboxylic acids is 1. The number of ether oxygens (including phenoxy) is 2. The van der Waals surface area contributed by atoms with Gasteiger partial charge in [-0.1, -0.05) is 29.5 Å². The number of aryl methyl sites for hydroxylation is 1. The van der Waals surface area contributed by atoms with Gasteiger partial charge in [0.25, 0.3) is 6.01 Å². The molecule has 0 aliphatic carbocycles. The van der Waals surface area contributed by atoms with Crippen molar-refractivity contribution in [2.24, 2.45) is 0 Å². The predicted octanol–water partition coefficient (Wildman–Crippen LogP) is 6.16. The summed E-state index contributed by atoms with van der Waals surface area (Å²) in [5.41, 5.74) is 4.95. The molecule has 0 spiro atoms. The molecule has 0 bridgehead atoms. The van der Waals surface area contributed by atoms with Gasteiger partial charge in [0, 0.05) is 16.7 Å². The molecule has 0 saturated carbocycles. The van der Waals surface area contributed by atoms with Crippen LogP contribution in [0.15, 0.2) is 71.6 Å². The number of halogens is 1. The molecule has 0 fully saturated rings. The average molecular weight is 484 g/mol. The van der Waals surface area contributed by atoms with Crippen molar-refractivity contribution in [1.82, 2.24) is 15.0 Å². The molecule has 0 saturated heterocycles. The normalized spacial score (nSPS) is 10.6. The van der Waals surface area contributed by atoms with Crippen LogP contribution < -0.4 is 4.74 Å². The van der Waals surface area contributed by atoms with Gasteiger partial charge in [-0.05, 0) is 61.0 Å². The molecular formula is C27H18ClN3O4. The van der Waals surface area contributed by atoms with Crippen LogP contribution in [0.5, 0.6) is 11.8 Å². The monoisotopic (exact) mass is 483 g/mol. The molecule has 5 rings (SSSR count). The van der Waals surface area contributed by atoms with Crippen LogP contribution in [0, 0.1) is 18.8 Å². The largest absolute Gasteiger partial charge is 0.465 e. The van der Waals surface area contributed by atoms with Crippen LogP contribution in [0.25, 0.3) is 22.4 Å². The molecule has 0 aliphatic rings. The number of rotatable bonds is 4. The number of fused-ring (bicyclic) bond motifs is 1. The summed E-state index contributed by atoms with van der Waals surface area (Å²) in [5, 5.41) is 0.488. The maximum absolute atomic E-state index is 12.0. The lowest BCUT2D eigenvalue weighted by atomic mass is 10.1. The fourth-order valence-corrected chi connectivity index (χ4v) is 3.68. The third kappa shape index (κ3) is 4.74. The summed E-state index contributed by atoms with van der Waals surface area (Å²) >= 11 is 6.46. The number of methoxy groups -OCH3 is 1. The molecule has 0 unspecified atom stereocenters. The number of aromatic nitrogens is 3. The maximum Gasteiger partial charge on any atom is 0.338 e. The molecule has 7 nitrogen and oxygen atoms in total. The summed E-state index contributed by atoms with van der Waals surface area (Å²) in [7, 11) is 1.34. The van der Waals surface area contributed by atoms with Gasteiger partial charge in [-0.15, -0.1) is 0 Å². The molecule has 0 radical (unpaired) electrons. The van der Waals surface area contributed by atoms with Gasteiger partial charge < -0.3 is 18.9 Å². The smallest absolute Gasteiger partial charge is 0.338 e. The highest BCUT2D eigenvalue weighted by Crippen LogP contribution is 2.28. The van der Waals surface area contributed by atoms with E-state index in [4.69, 9.17) is 25.5 Å². The standard InChI is InChI=1S/C27H18ClN3O4/c1-16-3-10-20(12-21(16)26(32)33-2)35-27-30-23-11-19(22(28)13-24(23)31-27)9-6-17-4-7-18(8-5-17)25-14-29-15-34-25/h3-5,7-8,10-15H,1-2H3,(H,30,31). The van der Waals surface area contributed by atoms with Crippen molar-refractivity contribution < 1.29 is 18.7 Å². The van der Waals surface area contributed by atoms with E-state index in [1.54, 1.807) is 36.5 Å². The molecule has 2 aromatic heterocycles. The zero-order valence-electron chi connectivity index (χ0n) is 18.8. The molecule has 0 amide bonds. The number of benzene rings is 3. The van der Waals surface area contributed by atoms with Crippen molar-refractivity contribution in [3.05, 3.63) is 94.5 Å². The number of H-pyrrole nitrogens is 1. The Labute approximate surface area is 205 Å². The highest BCUT2D eigenvalue weighted by Gasteiger charge is 2.13. The van der Waals surface area contributed by atoms with E-state index in [1.807, 2.05) is 31.2 Å². The molecule has 172 valence electrons. The summed E-state index contributed by atoms with van der Waals surface area (Å²) in [5.74, 6) is 6.94. The van der Waals surface area contributed by atoms with Crippen LogP contribution in [0.4, 0.5) is 0 Å². The first-order valence-electron chi connectivity index (χ1n) is 10.6. The Kier molecular flexibility index (Phi) is 5.96. The Morgan fingerprint density at radius 1 is 1.09 bits per heavy atom. The van der Waals surface area contributed by atoms with E-state index >= 15 is 0 Å². The Bertz CT molecular complexity index is 1590. The molecule has 3 aromatic carbocycles. The van der Waals surface area contributed by atoms with Crippen molar-refractivity contribution in [1.29, 1.82) is 0 Å². The third-order valence-electron chi connectivity index (χ3n) is 5.32. The van der Waals surface area contributed by atoms with Crippen LogP contribution in [0.1, 0.15) is 27.0 Å². The minimum atomic E-state index is -0.430. The van der Waals surface area contributed by atoms with E-state index in [0.29, 0.717) is 38.7 Å². The number of imidazole rings is 1. The number of nitrogens with one attached hydrogen (secondary N) is 1. The van der Waals surface area contributed by atoms with E-state index in [1.165, 1.54) is 13.5 Å². The van der Waals surface area contributed by atoms with Crippen molar-refractivity contribution in [3.63, 3.8) is 0 Å². The fraction of sp³-hybridized carbons (Fsp3) is 0.0741. The quantitative estimate of drug-likeness (QED) is 0.243. The van der Waals surface area contributed by atoms with Crippen LogP contribution in [0.3, 0.4) is 0 Å². The lowest BCUT2D eigenvalue weighted by molar-refractivity contribution is 0.0599. The van der Waals surface area contributed by atoms with Crippen molar-refractivity contribution >= 4 is 28.6 Å². The van der Waals surface area contributed by atoms with Gasteiger partial charge >= 0.3 is 5.97 Å². The predicted molar refractivity (Wildman–Crippen MR) is 132 cm³/mol. The Morgan fingerprint density at radius 2 is 1.91 bits per heavy atom. The van der Waals surface area contributed by atoms with Crippen LogP contribution >= 0.6 is 11.6 Å². The first-order chi connectivity index (χ1) is 17.0. The first-order valence-corrected chi connectivity index (χ1v) is 10.9. The number of carbonyl (C=O) groups is 1. The number of hydrogen-bond acceptors (Lipinski definition) is 6. The fourth-order valence-electron chi connectivity index (χ4n) is 3.47. The summed E-state index contributed by atoms with van der Waals surface area (Å²) < 4.78 is 16.0. The van der Waals surface area contributed by atoms with Crippen LogP contribution in [-0.4, -0.2) is 28.0 Å². The SMILES string of the molecule is COC(=O)c1cc(Oc2nc3cc(C#Cc4ccc(-c5cnco5)cc4)c(Cl)cc3[nH]2)ccc1C. The number of esters is 1. The molecule has 35 heavy (non-hydrogen) atoms. The number of aromatic amines is 1. The van der Waals surface area contributed by atoms with Gasteiger partial charge in [0.15, 0.2) is 12.2 Å². The lowest BCUT2D eigenvalue weighted by Crippen LogP contribution is -2.04. The van der Waals surface area contributed by atoms with Gasteiger partial charge in [0.1, 0.15) is 5.75 Å². The molecule has 5 aromatic rings. The number of oxazole rings is 1. The highest BCUT2D eigenvalue weighted by molar-refractivity contribution is 6.32. The minimum Gasteiger partial charge on any atom is -0.465 e. The minimum absolute atomic E-state index is 0.267. The molecule has 1 N–H and O–H groups in total. The summed E-state index contributed by atoms with van der Waals surface area (Å²) in [6, 6.07) is 16.6. The molecule has 2 heterocycles. The first kappa shape index (κ1) is 22.3. The summed E-state index contributed by atoms with van der Waals surface area (Å²) in [4.78, 5) is 23.5. The second-order valence-corrected chi connectivity index (χ2v) is 8.06. The van der Waals surface area contributed by atoms with Gasteiger partial charge in [0.05, 0.1) is 34.9 Å². The van der Waals surface area contributed by atoms with Gasteiger partial charge in [-0.2, -0.15) is 4.98 Å². The van der Waals surface area contributed by atoms with Crippen molar-refractivity contribution in [3.8, 4) is 34.9 Å². The average Bonchev–Trinajstić information content (AvgIpc) is 3.53. The topological polar surface area (TPSA) is 90.2 Å². The molecule has 8 heteroatoms. The number of nitrogens with zero attached hydrogens (tertiary/aromatic N) is 2. The van der Waals surface area contributed by atoms with Crippen LogP contribution in [0.2, 0.25) is 5.02 Å². The Hall–Kier alpha value is -4.54. The van der Waals surface area contributed by atoms with E-state index in [9.17, 15) is 4.79 Å². The molecule has 0 atom stereocenters. The zero-order valence-corrected chi connectivity index (χ0v) is 19.5. The second kappa shape index (κ2) is 9.37. The van der Waals surface area contributed by atoms with Crippen LogP contribution in [-0.2, 0) is 4.74 Å². The van der Waals surface area contributed by atoms with E-state index < -0.39 is 5.97 Å². The Morgan fingerprint density at radius 3 is 2.66 bits per heavy atom. The maximum atomic E-state index is 12.0. The summed E-state index contributed by atoms with van der Waals surface area (Å²) in [6.45, 7) is 1.83. The van der Waals surface area contributed by atoms with Gasteiger partial charge in [0.2, 0.25) is 0 Å². The van der Waals surface area contributed by atoms with Gasteiger partial charge in [-0.25, -0.2) is 9.78 Å². The second-order valence-electron chi connectivity index (χ2n) is 7.65. The number of hydrogen-bond donors (Lipinski definition) is 1. The van der Waals surface area contributed by atoms with Crippen molar-refractivity contribution in [2.75, 3.05) is 7.11 Å². The van der Waals surface area contributed by atoms with E-state index in [-0.39, 0.29) is 6.01 Å². The zero-order chi connectivity index (χ0) is 24.4. The van der Waals surface area contributed by atoms with E-state index in [2.05, 4.69) is 26.8 Å².